The Bertz CT molecular complexity index is 893. The molecule has 10 heteroatoms. The van der Waals surface area contributed by atoms with Crippen molar-refractivity contribution in [3.8, 4) is 9.75 Å². The van der Waals surface area contributed by atoms with Crippen LogP contribution in [0.15, 0.2) is 29.2 Å². The van der Waals surface area contributed by atoms with Gasteiger partial charge in [-0.15, -0.1) is 22.7 Å². The van der Waals surface area contributed by atoms with E-state index in [1.165, 1.54) is 12.1 Å². The van der Waals surface area contributed by atoms with Gasteiger partial charge in [0.15, 0.2) is 0 Å². The lowest BCUT2D eigenvalue weighted by Gasteiger charge is -2.25. The first-order valence-electron chi connectivity index (χ1n) is 6.69. The SMILES string of the molecule is CC1=C(c2csc(-c3ccc(C(=O)O)s3)c2)C(F)(F)C(F)(F)C1(F)F. The number of aromatic carboxylic acids is 1. The molecule has 0 bridgehead atoms. The number of carboxylic acid groups (broad SMARTS) is 1. The molecule has 1 aliphatic carbocycles. The summed E-state index contributed by atoms with van der Waals surface area (Å²) in [6.45, 7) is 0.565. The van der Waals surface area contributed by atoms with Gasteiger partial charge >= 0.3 is 23.7 Å². The Labute approximate surface area is 145 Å². The van der Waals surface area contributed by atoms with Gasteiger partial charge in [-0.1, -0.05) is 0 Å². The maximum absolute atomic E-state index is 14.0. The minimum atomic E-state index is -5.51. The van der Waals surface area contributed by atoms with Crippen LogP contribution < -0.4 is 0 Å². The van der Waals surface area contributed by atoms with E-state index < -0.39 is 40.4 Å². The molecule has 2 aromatic rings. The standard InChI is InChI=1S/C15H8F6O2S2/c1-6-11(14(18,19)15(20,21)13(6,16)17)7-4-10(24-5-7)8-2-3-9(25-8)12(22)23/h2-5H,1H3,(H,22,23). The van der Waals surface area contributed by atoms with Crippen molar-refractivity contribution in [2.45, 2.75) is 24.7 Å². The topological polar surface area (TPSA) is 37.3 Å². The zero-order valence-electron chi connectivity index (χ0n) is 12.2. The van der Waals surface area contributed by atoms with Gasteiger partial charge in [0.25, 0.3) is 0 Å². The Morgan fingerprint density at radius 2 is 1.68 bits per heavy atom. The molecule has 25 heavy (non-hydrogen) atoms. The summed E-state index contributed by atoms with van der Waals surface area (Å²) in [5.74, 6) is -16.7. The first-order valence-corrected chi connectivity index (χ1v) is 8.38. The van der Waals surface area contributed by atoms with E-state index in [1.54, 1.807) is 0 Å². The number of allylic oxidation sites excluding steroid dienone is 2. The van der Waals surface area contributed by atoms with E-state index in [4.69, 9.17) is 5.11 Å². The summed E-state index contributed by atoms with van der Waals surface area (Å²) in [7, 11) is 0. The molecule has 134 valence electrons. The lowest BCUT2D eigenvalue weighted by molar-refractivity contribution is -0.259. The van der Waals surface area contributed by atoms with E-state index in [-0.39, 0.29) is 4.88 Å². The third-order valence-corrected chi connectivity index (χ3v) is 6.10. The van der Waals surface area contributed by atoms with Gasteiger partial charge in [0.1, 0.15) is 4.88 Å². The summed E-state index contributed by atoms with van der Waals surface area (Å²) >= 11 is 1.74. The van der Waals surface area contributed by atoms with Crippen LogP contribution in [0.4, 0.5) is 26.3 Å². The smallest absolute Gasteiger partial charge is 0.380 e. The molecule has 3 rings (SSSR count). The van der Waals surface area contributed by atoms with E-state index >= 15 is 0 Å². The molecule has 0 aliphatic heterocycles. The average molecular weight is 398 g/mol. The van der Waals surface area contributed by atoms with Gasteiger partial charge in [0.05, 0.1) is 0 Å². The number of hydrogen-bond donors (Lipinski definition) is 1. The van der Waals surface area contributed by atoms with Crippen LogP contribution in [0.3, 0.4) is 0 Å². The molecule has 0 unspecified atom stereocenters. The molecule has 2 nitrogen and oxygen atoms in total. The van der Waals surface area contributed by atoms with Crippen LogP contribution in [0.2, 0.25) is 0 Å². The Morgan fingerprint density at radius 1 is 1.04 bits per heavy atom. The van der Waals surface area contributed by atoms with E-state index in [0.29, 0.717) is 16.7 Å². The highest BCUT2D eigenvalue weighted by atomic mass is 32.1. The highest BCUT2D eigenvalue weighted by Crippen LogP contribution is 2.62. The normalized spacial score (nSPS) is 20.9. The van der Waals surface area contributed by atoms with Gasteiger partial charge in [-0.3, -0.25) is 0 Å². The highest BCUT2D eigenvalue weighted by molar-refractivity contribution is 7.22. The van der Waals surface area contributed by atoms with Gasteiger partial charge in [0, 0.05) is 20.9 Å². The zero-order valence-corrected chi connectivity index (χ0v) is 13.9. The molecule has 0 fully saturated rings. The molecule has 0 spiro atoms. The monoisotopic (exact) mass is 398 g/mol. The predicted octanol–water partition coefficient (Wildman–Crippen LogP) is 5.87. The first kappa shape index (κ1) is 18.0. The molecule has 0 radical (unpaired) electrons. The van der Waals surface area contributed by atoms with Crippen molar-refractivity contribution in [3.05, 3.63) is 39.6 Å². The van der Waals surface area contributed by atoms with Crippen molar-refractivity contribution in [1.29, 1.82) is 0 Å². The Morgan fingerprint density at radius 3 is 2.16 bits per heavy atom. The Kier molecular flexibility index (Phi) is 3.84. The molecule has 2 aromatic heterocycles. The van der Waals surface area contributed by atoms with Crippen molar-refractivity contribution < 1.29 is 36.2 Å². The fraction of sp³-hybridized carbons (Fsp3) is 0.267. The van der Waals surface area contributed by atoms with Crippen LogP contribution in [-0.2, 0) is 0 Å². The third kappa shape index (κ3) is 2.34. The van der Waals surface area contributed by atoms with E-state index in [2.05, 4.69) is 0 Å². The number of rotatable bonds is 3. The van der Waals surface area contributed by atoms with Gasteiger partial charge in [-0.25, -0.2) is 4.79 Å². The van der Waals surface area contributed by atoms with Crippen LogP contribution in [0.25, 0.3) is 15.3 Å². The Hall–Kier alpha value is -1.81. The van der Waals surface area contributed by atoms with Gasteiger partial charge in [-0.2, -0.15) is 26.3 Å². The maximum atomic E-state index is 14.0. The fourth-order valence-electron chi connectivity index (χ4n) is 2.56. The molecule has 0 atom stereocenters. The van der Waals surface area contributed by atoms with Gasteiger partial charge in [-0.05, 0) is 36.1 Å². The average Bonchev–Trinajstić information content (AvgIpc) is 3.16. The summed E-state index contributed by atoms with van der Waals surface area (Å²) in [5.41, 5.74) is -3.19. The number of alkyl halides is 6. The quantitative estimate of drug-likeness (QED) is 0.657. The summed E-state index contributed by atoms with van der Waals surface area (Å²) in [5, 5.41) is 9.97. The molecule has 2 heterocycles. The lowest BCUT2D eigenvalue weighted by atomic mass is 10.0. The van der Waals surface area contributed by atoms with Crippen molar-refractivity contribution >= 4 is 34.2 Å². The molecule has 0 amide bonds. The van der Waals surface area contributed by atoms with Crippen LogP contribution in [0, 0.1) is 0 Å². The van der Waals surface area contributed by atoms with Crippen molar-refractivity contribution in [1.82, 2.24) is 0 Å². The number of carbonyl (C=O) groups is 1. The molecular formula is C15H8F6O2S2. The van der Waals surface area contributed by atoms with E-state index in [0.717, 1.165) is 34.1 Å². The minimum Gasteiger partial charge on any atom is -0.477 e. The zero-order chi connectivity index (χ0) is 18.8. The van der Waals surface area contributed by atoms with Crippen LogP contribution >= 0.6 is 22.7 Å². The van der Waals surface area contributed by atoms with E-state index in [1.807, 2.05) is 0 Å². The number of carboxylic acids is 1. The van der Waals surface area contributed by atoms with Crippen LogP contribution in [0.5, 0.6) is 0 Å². The predicted molar refractivity (Wildman–Crippen MR) is 82.0 cm³/mol. The molecule has 1 N–H and O–H groups in total. The van der Waals surface area contributed by atoms with Crippen molar-refractivity contribution in [2.24, 2.45) is 0 Å². The Balaban J connectivity index is 2.07. The second-order valence-corrected chi connectivity index (χ2v) is 7.39. The molecule has 0 saturated carbocycles. The summed E-state index contributed by atoms with van der Waals surface area (Å²) in [6.07, 6.45) is 0. The second kappa shape index (κ2) is 5.34. The second-order valence-electron chi connectivity index (χ2n) is 5.39. The first-order chi connectivity index (χ1) is 11.4. The van der Waals surface area contributed by atoms with Crippen molar-refractivity contribution in [2.75, 3.05) is 0 Å². The highest BCUT2D eigenvalue weighted by Gasteiger charge is 2.79. The number of halogens is 6. The molecule has 1 aliphatic rings. The van der Waals surface area contributed by atoms with Gasteiger partial charge in [0.2, 0.25) is 0 Å². The number of thiophene rings is 2. The lowest BCUT2D eigenvalue weighted by Crippen LogP contribution is -2.48. The fourth-order valence-corrected chi connectivity index (χ4v) is 4.41. The minimum absolute atomic E-state index is 0.00427. The van der Waals surface area contributed by atoms with E-state index in [9.17, 15) is 31.1 Å². The largest absolute Gasteiger partial charge is 0.477 e. The summed E-state index contributed by atoms with van der Waals surface area (Å²) in [6, 6.07) is 3.83. The summed E-state index contributed by atoms with van der Waals surface area (Å²) in [4.78, 5) is 11.6. The number of hydrogen-bond acceptors (Lipinski definition) is 3. The molecule has 0 aromatic carbocycles. The van der Waals surface area contributed by atoms with Crippen LogP contribution in [-0.4, -0.2) is 28.8 Å². The summed E-state index contributed by atoms with van der Waals surface area (Å²) < 4.78 is 82.2. The third-order valence-electron chi connectivity index (χ3n) is 3.90. The molecular weight excluding hydrogens is 390 g/mol. The molecule has 0 saturated heterocycles. The van der Waals surface area contributed by atoms with Crippen LogP contribution in [0.1, 0.15) is 22.2 Å². The van der Waals surface area contributed by atoms with Gasteiger partial charge < -0.3 is 5.11 Å². The van der Waals surface area contributed by atoms with Crippen molar-refractivity contribution in [3.63, 3.8) is 0 Å². The maximum Gasteiger partial charge on any atom is 0.380 e.